The summed E-state index contributed by atoms with van der Waals surface area (Å²) in [7, 11) is 3.54. The summed E-state index contributed by atoms with van der Waals surface area (Å²) in [5.74, 6) is 0.790. The van der Waals surface area contributed by atoms with Gasteiger partial charge in [-0.05, 0) is 23.5 Å². The Labute approximate surface area is 110 Å². The molecule has 0 heterocycles. The quantitative estimate of drug-likeness (QED) is 0.836. The lowest BCUT2D eigenvalue weighted by Gasteiger charge is -2.11. The van der Waals surface area contributed by atoms with E-state index in [1.165, 1.54) is 11.1 Å². The Morgan fingerprint density at radius 1 is 1.17 bits per heavy atom. The van der Waals surface area contributed by atoms with Gasteiger partial charge in [0.15, 0.2) is 0 Å². The largest absolute Gasteiger partial charge is 0.348 e. The van der Waals surface area contributed by atoms with Crippen LogP contribution in [0, 0.1) is 5.92 Å². The monoisotopic (exact) mass is 248 g/mol. The first kappa shape index (κ1) is 14.7. The summed E-state index contributed by atoms with van der Waals surface area (Å²) in [5, 5.41) is 3.15. The van der Waals surface area contributed by atoms with E-state index in [9.17, 15) is 4.79 Å². The molecule has 0 saturated carbocycles. The summed E-state index contributed by atoms with van der Waals surface area (Å²) in [6.07, 6.45) is 1.12. The minimum Gasteiger partial charge on any atom is -0.348 e. The van der Waals surface area contributed by atoms with Crippen molar-refractivity contribution >= 4 is 5.91 Å². The van der Waals surface area contributed by atoms with Gasteiger partial charge in [0.1, 0.15) is 0 Å². The average Bonchev–Trinajstić information content (AvgIpc) is 2.30. The Morgan fingerprint density at radius 2 is 1.72 bits per heavy atom. The third-order valence-corrected chi connectivity index (χ3v) is 2.77. The highest BCUT2D eigenvalue weighted by atomic mass is 16.2. The van der Waals surface area contributed by atoms with Crippen LogP contribution in [0.5, 0.6) is 0 Å². The predicted octanol–water partition coefficient (Wildman–Crippen LogP) is 2.06. The molecule has 0 unspecified atom stereocenters. The Bertz CT molecular complexity index is 369. The minimum atomic E-state index is 0.103. The Kier molecular flexibility index (Phi) is 5.86. The van der Waals surface area contributed by atoms with E-state index >= 15 is 0 Å². The number of nitrogens with zero attached hydrogens (tertiary/aromatic N) is 1. The lowest BCUT2D eigenvalue weighted by Crippen LogP contribution is -2.32. The van der Waals surface area contributed by atoms with Crippen molar-refractivity contribution in [1.29, 1.82) is 0 Å². The molecule has 0 aliphatic heterocycles. The molecule has 1 aromatic rings. The third-order valence-electron chi connectivity index (χ3n) is 2.77. The number of likely N-dealkylation sites (N-methyl/N-ethyl adjacent to an activating group) is 1. The van der Waals surface area contributed by atoms with E-state index in [1.54, 1.807) is 19.0 Å². The number of carbonyl (C=O) groups is 1. The van der Waals surface area contributed by atoms with E-state index in [1.807, 2.05) is 0 Å². The fraction of sp³-hybridized carbons (Fsp3) is 0.533. The highest BCUT2D eigenvalue weighted by Crippen LogP contribution is 2.09. The molecule has 0 saturated heterocycles. The van der Waals surface area contributed by atoms with Crippen molar-refractivity contribution < 1.29 is 4.79 Å². The van der Waals surface area contributed by atoms with Gasteiger partial charge in [-0.1, -0.05) is 38.1 Å². The number of carbonyl (C=O) groups excluding carboxylic acids is 1. The highest BCUT2D eigenvalue weighted by Gasteiger charge is 2.03. The summed E-state index contributed by atoms with van der Waals surface area (Å²) in [4.78, 5) is 13.0. The smallest absolute Gasteiger partial charge is 0.236 e. The first-order valence-corrected chi connectivity index (χ1v) is 6.47. The van der Waals surface area contributed by atoms with Gasteiger partial charge in [0.25, 0.3) is 0 Å². The van der Waals surface area contributed by atoms with Crippen LogP contribution in [0.25, 0.3) is 0 Å². The maximum atomic E-state index is 11.4. The SMILES string of the molecule is CC(C)Cc1ccc(CNCC(=O)N(C)C)cc1. The number of amides is 1. The van der Waals surface area contributed by atoms with Crippen LogP contribution < -0.4 is 5.32 Å². The van der Waals surface area contributed by atoms with Crippen molar-refractivity contribution in [2.24, 2.45) is 5.92 Å². The molecule has 18 heavy (non-hydrogen) atoms. The zero-order valence-corrected chi connectivity index (χ0v) is 11.9. The van der Waals surface area contributed by atoms with Crippen molar-refractivity contribution in [2.45, 2.75) is 26.8 Å². The van der Waals surface area contributed by atoms with Crippen LogP contribution in [-0.4, -0.2) is 31.4 Å². The molecule has 1 N–H and O–H groups in total. The Balaban J connectivity index is 2.37. The number of nitrogens with one attached hydrogen (secondary N) is 1. The maximum absolute atomic E-state index is 11.4. The fourth-order valence-corrected chi connectivity index (χ4v) is 1.74. The van der Waals surface area contributed by atoms with Crippen molar-refractivity contribution in [3.05, 3.63) is 35.4 Å². The van der Waals surface area contributed by atoms with Crippen LogP contribution >= 0.6 is 0 Å². The first-order valence-electron chi connectivity index (χ1n) is 6.47. The van der Waals surface area contributed by atoms with Gasteiger partial charge in [0, 0.05) is 20.6 Å². The number of rotatable bonds is 6. The summed E-state index contributed by atoms with van der Waals surface area (Å²) in [5.41, 5.74) is 2.59. The van der Waals surface area contributed by atoms with Crippen LogP contribution in [0.2, 0.25) is 0 Å². The van der Waals surface area contributed by atoms with Gasteiger partial charge >= 0.3 is 0 Å². The second kappa shape index (κ2) is 7.17. The Morgan fingerprint density at radius 3 is 2.22 bits per heavy atom. The zero-order valence-electron chi connectivity index (χ0n) is 11.9. The molecule has 1 aromatic carbocycles. The van der Waals surface area contributed by atoms with Gasteiger partial charge in [-0.3, -0.25) is 4.79 Å². The second-order valence-corrected chi connectivity index (χ2v) is 5.31. The average molecular weight is 248 g/mol. The molecule has 0 aliphatic rings. The summed E-state index contributed by atoms with van der Waals surface area (Å²) in [6.45, 7) is 5.58. The molecule has 0 radical (unpaired) electrons. The van der Waals surface area contributed by atoms with E-state index in [2.05, 4.69) is 43.4 Å². The van der Waals surface area contributed by atoms with E-state index in [4.69, 9.17) is 0 Å². The molecule has 3 nitrogen and oxygen atoms in total. The molecule has 0 spiro atoms. The summed E-state index contributed by atoms with van der Waals surface area (Å²) in [6, 6.07) is 8.60. The number of hydrogen-bond donors (Lipinski definition) is 1. The maximum Gasteiger partial charge on any atom is 0.236 e. The summed E-state index contributed by atoms with van der Waals surface area (Å²) < 4.78 is 0. The van der Waals surface area contributed by atoms with Crippen LogP contribution in [0.15, 0.2) is 24.3 Å². The summed E-state index contributed by atoms with van der Waals surface area (Å²) >= 11 is 0. The highest BCUT2D eigenvalue weighted by molar-refractivity contribution is 5.77. The van der Waals surface area contributed by atoms with Crippen molar-refractivity contribution in [2.75, 3.05) is 20.6 Å². The van der Waals surface area contributed by atoms with Crippen molar-refractivity contribution in [3.63, 3.8) is 0 Å². The fourth-order valence-electron chi connectivity index (χ4n) is 1.74. The van der Waals surface area contributed by atoms with E-state index in [0.717, 1.165) is 13.0 Å². The standard InChI is InChI=1S/C15H24N2O/c1-12(2)9-13-5-7-14(8-6-13)10-16-11-15(18)17(3)4/h5-8,12,16H,9-11H2,1-4H3. The molecule has 0 fully saturated rings. The van der Waals surface area contributed by atoms with E-state index in [-0.39, 0.29) is 5.91 Å². The molecular formula is C15H24N2O. The van der Waals surface area contributed by atoms with Crippen LogP contribution in [0.4, 0.5) is 0 Å². The molecule has 0 aromatic heterocycles. The second-order valence-electron chi connectivity index (χ2n) is 5.31. The lowest BCUT2D eigenvalue weighted by molar-refractivity contribution is -0.127. The third kappa shape index (κ3) is 5.32. The van der Waals surface area contributed by atoms with Gasteiger partial charge in [-0.25, -0.2) is 0 Å². The van der Waals surface area contributed by atoms with Crippen LogP contribution in [-0.2, 0) is 17.8 Å². The van der Waals surface area contributed by atoms with E-state index in [0.29, 0.717) is 12.5 Å². The lowest BCUT2D eigenvalue weighted by atomic mass is 10.0. The number of benzene rings is 1. The molecule has 0 atom stereocenters. The van der Waals surface area contributed by atoms with Crippen molar-refractivity contribution in [3.8, 4) is 0 Å². The first-order chi connectivity index (χ1) is 8.49. The molecular weight excluding hydrogens is 224 g/mol. The molecule has 3 heteroatoms. The van der Waals surface area contributed by atoms with Crippen LogP contribution in [0.3, 0.4) is 0 Å². The van der Waals surface area contributed by atoms with E-state index < -0.39 is 0 Å². The molecule has 100 valence electrons. The van der Waals surface area contributed by atoms with Gasteiger partial charge in [0.05, 0.1) is 6.54 Å². The predicted molar refractivity (Wildman–Crippen MR) is 75.4 cm³/mol. The van der Waals surface area contributed by atoms with Gasteiger partial charge < -0.3 is 10.2 Å². The van der Waals surface area contributed by atoms with Gasteiger partial charge in [-0.15, -0.1) is 0 Å². The molecule has 0 aliphatic carbocycles. The molecule has 0 bridgehead atoms. The zero-order chi connectivity index (χ0) is 13.5. The molecule has 1 amide bonds. The molecule has 1 rings (SSSR count). The Hall–Kier alpha value is -1.35. The topological polar surface area (TPSA) is 32.3 Å². The normalized spacial score (nSPS) is 10.7. The van der Waals surface area contributed by atoms with Crippen LogP contribution in [0.1, 0.15) is 25.0 Å². The van der Waals surface area contributed by atoms with Gasteiger partial charge in [-0.2, -0.15) is 0 Å². The van der Waals surface area contributed by atoms with Crippen molar-refractivity contribution in [1.82, 2.24) is 10.2 Å². The number of hydrogen-bond acceptors (Lipinski definition) is 2. The minimum absolute atomic E-state index is 0.103. The van der Waals surface area contributed by atoms with Gasteiger partial charge in [0.2, 0.25) is 5.91 Å².